The van der Waals surface area contributed by atoms with Crippen molar-refractivity contribution in [3.05, 3.63) is 52.8 Å². The molecule has 2 amide bonds. The number of hydroxylamine groups is 2. The van der Waals surface area contributed by atoms with E-state index in [1.54, 1.807) is 30.5 Å². The molecule has 4 rings (SSSR count). The third kappa shape index (κ3) is 2.05. The fraction of sp³-hybridized carbons (Fsp3) is 0.294. The van der Waals surface area contributed by atoms with Crippen molar-refractivity contribution < 1.29 is 19.2 Å². The molecule has 0 bridgehead atoms. The summed E-state index contributed by atoms with van der Waals surface area (Å²) in [6, 6.07) is 6.42. The van der Waals surface area contributed by atoms with Crippen molar-refractivity contribution in [2.24, 2.45) is 5.92 Å². The smallest absolute Gasteiger partial charge is 0.329 e. The summed E-state index contributed by atoms with van der Waals surface area (Å²) in [4.78, 5) is 42.3. The van der Waals surface area contributed by atoms with Crippen LogP contribution in [0.3, 0.4) is 0 Å². The van der Waals surface area contributed by atoms with Gasteiger partial charge in [-0.2, -0.15) is 5.10 Å². The molecule has 0 saturated carbocycles. The second-order valence-electron chi connectivity index (χ2n) is 6.10. The van der Waals surface area contributed by atoms with E-state index >= 15 is 0 Å². The molecule has 0 saturated heterocycles. The van der Waals surface area contributed by atoms with Gasteiger partial charge in [0.25, 0.3) is 11.8 Å². The van der Waals surface area contributed by atoms with E-state index in [4.69, 9.17) is 4.84 Å². The monoisotopic (exact) mass is 325 g/mol. The van der Waals surface area contributed by atoms with E-state index in [1.807, 2.05) is 6.92 Å². The molecule has 1 aromatic carbocycles. The number of aromatic amines is 1. The van der Waals surface area contributed by atoms with Crippen LogP contribution in [0.15, 0.2) is 30.5 Å². The predicted octanol–water partition coefficient (Wildman–Crippen LogP) is 1.83. The minimum atomic E-state index is -0.601. The molecule has 24 heavy (non-hydrogen) atoms. The molecule has 1 aromatic heterocycles. The maximum Gasteiger partial charge on any atom is 0.336 e. The molecule has 7 nitrogen and oxygen atoms in total. The van der Waals surface area contributed by atoms with E-state index in [2.05, 4.69) is 10.2 Å². The fourth-order valence-electron chi connectivity index (χ4n) is 3.41. The van der Waals surface area contributed by atoms with Gasteiger partial charge in [0, 0.05) is 5.69 Å². The molecular formula is C17H15N3O4. The molecule has 7 heteroatoms. The first-order chi connectivity index (χ1) is 11.6. The van der Waals surface area contributed by atoms with Gasteiger partial charge >= 0.3 is 5.97 Å². The van der Waals surface area contributed by atoms with E-state index in [-0.39, 0.29) is 17.0 Å². The Hall–Kier alpha value is -2.96. The Balaban J connectivity index is 1.54. The molecule has 1 aliphatic carbocycles. The predicted molar refractivity (Wildman–Crippen MR) is 81.8 cm³/mol. The van der Waals surface area contributed by atoms with Crippen LogP contribution in [-0.2, 0) is 16.1 Å². The number of rotatable bonds is 2. The van der Waals surface area contributed by atoms with Crippen LogP contribution < -0.4 is 0 Å². The number of benzene rings is 1. The molecule has 0 radical (unpaired) electrons. The summed E-state index contributed by atoms with van der Waals surface area (Å²) in [7, 11) is 0. The van der Waals surface area contributed by atoms with Crippen molar-refractivity contribution in [3.63, 3.8) is 0 Å². The standard InChI is InChI=1S/C17H15N3O4/c1-9-10(6-7-14-13(9)8-18-19-14)17(23)24-20-15(21)11-4-2-3-5-12(11)16(20)22/h2-5,8-10H,6-7H2,1H3,(H,18,19). The second-order valence-corrected chi connectivity index (χ2v) is 6.10. The Morgan fingerprint density at radius 2 is 1.92 bits per heavy atom. The number of carbonyl (C=O) groups excluding carboxylic acids is 3. The van der Waals surface area contributed by atoms with Gasteiger partial charge < -0.3 is 4.84 Å². The van der Waals surface area contributed by atoms with Crippen LogP contribution in [0.1, 0.15) is 51.2 Å². The average Bonchev–Trinajstić information content (AvgIpc) is 3.15. The highest BCUT2D eigenvalue weighted by Gasteiger charge is 2.41. The largest absolute Gasteiger partial charge is 0.336 e. The van der Waals surface area contributed by atoms with Crippen molar-refractivity contribution in [2.45, 2.75) is 25.7 Å². The summed E-state index contributed by atoms with van der Waals surface area (Å²) in [6.07, 6.45) is 2.97. The lowest BCUT2D eigenvalue weighted by Gasteiger charge is -2.27. The normalized spacial score (nSPS) is 22.3. The van der Waals surface area contributed by atoms with Crippen molar-refractivity contribution in [2.75, 3.05) is 0 Å². The zero-order valence-corrected chi connectivity index (χ0v) is 13.0. The lowest BCUT2D eigenvalue weighted by atomic mass is 9.79. The minimum Gasteiger partial charge on any atom is -0.329 e. The second kappa shape index (κ2) is 5.30. The van der Waals surface area contributed by atoms with Gasteiger partial charge in [-0.1, -0.05) is 24.1 Å². The molecule has 122 valence electrons. The zero-order valence-electron chi connectivity index (χ0n) is 13.0. The van der Waals surface area contributed by atoms with E-state index in [9.17, 15) is 14.4 Å². The first kappa shape index (κ1) is 14.6. The number of hydrogen-bond acceptors (Lipinski definition) is 5. The summed E-state index contributed by atoms with van der Waals surface area (Å²) in [6.45, 7) is 1.92. The van der Waals surface area contributed by atoms with Crippen LogP contribution in [0.25, 0.3) is 0 Å². The van der Waals surface area contributed by atoms with Crippen LogP contribution in [0.2, 0.25) is 0 Å². The van der Waals surface area contributed by atoms with Crippen molar-refractivity contribution in [1.29, 1.82) is 0 Å². The van der Waals surface area contributed by atoms with Crippen molar-refractivity contribution in [1.82, 2.24) is 15.3 Å². The van der Waals surface area contributed by atoms with Gasteiger partial charge in [0.15, 0.2) is 0 Å². The Morgan fingerprint density at radius 1 is 1.25 bits per heavy atom. The average molecular weight is 325 g/mol. The van der Waals surface area contributed by atoms with Gasteiger partial charge in [-0.3, -0.25) is 14.7 Å². The molecule has 2 unspecified atom stereocenters. The molecule has 0 fully saturated rings. The number of hydrogen-bond donors (Lipinski definition) is 1. The molecule has 1 aliphatic heterocycles. The molecular weight excluding hydrogens is 310 g/mol. The van der Waals surface area contributed by atoms with Crippen molar-refractivity contribution in [3.8, 4) is 0 Å². The van der Waals surface area contributed by atoms with Gasteiger partial charge in [0.1, 0.15) is 0 Å². The molecule has 0 spiro atoms. The highest BCUT2D eigenvalue weighted by molar-refractivity contribution is 6.20. The summed E-state index contributed by atoms with van der Waals surface area (Å²) < 4.78 is 0. The van der Waals surface area contributed by atoms with Crippen LogP contribution in [0.5, 0.6) is 0 Å². The zero-order chi connectivity index (χ0) is 16.8. The van der Waals surface area contributed by atoms with Crippen LogP contribution >= 0.6 is 0 Å². The Labute approximate surface area is 137 Å². The van der Waals surface area contributed by atoms with Crippen LogP contribution in [-0.4, -0.2) is 33.0 Å². The first-order valence-corrected chi connectivity index (χ1v) is 7.79. The molecule has 1 N–H and O–H groups in total. The number of amides is 2. The van der Waals surface area contributed by atoms with Crippen LogP contribution in [0.4, 0.5) is 0 Å². The topological polar surface area (TPSA) is 92.4 Å². The Bertz CT molecular complexity index is 822. The third-order valence-electron chi connectivity index (χ3n) is 4.79. The highest BCUT2D eigenvalue weighted by Crippen LogP contribution is 2.36. The molecule has 2 aromatic rings. The number of aromatic nitrogens is 2. The maximum atomic E-state index is 12.5. The van der Waals surface area contributed by atoms with Gasteiger partial charge in [-0.15, -0.1) is 0 Å². The summed E-state index contributed by atoms with van der Waals surface area (Å²) in [5.74, 6) is -2.27. The quantitative estimate of drug-likeness (QED) is 0.850. The van der Waals surface area contributed by atoms with Gasteiger partial charge in [-0.25, -0.2) is 4.79 Å². The van der Waals surface area contributed by atoms with E-state index in [0.717, 1.165) is 11.3 Å². The summed E-state index contributed by atoms with van der Waals surface area (Å²) in [5, 5.41) is 7.51. The van der Waals surface area contributed by atoms with Gasteiger partial charge in [0.05, 0.1) is 23.2 Å². The number of aryl methyl sites for hydroxylation is 1. The fourth-order valence-corrected chi connectivity index (χ4v) is 3.41. The SMILES string of the molecule is CC1c2cn[nH]c2CCC1C(=O)ON1C(=O)c2ccccc2C1=O. The van der Waals surface area contributed by atoms with Crippen LogP contribution in [0, 0.1) is 5.92 Å². The minimum absolute atomic E-state index is 0.0878. The van der Waals surface area contributed by atoms with E-state index in [1.165, 1.54) is 0 Å². The number of H-pyrrole nitrogens is 1. The number of imide groups is 1. The third-order valence-corrected chi connectivity index (χ3v) is 4.79. The summed E-state index contributed by atoms with van der Waals surface area (Å²) >= 11 is 0. The molecule has 2 atom stereocenters. The lowest BCUT2D eigenvalue weighted by Crippen LogP contribution is -2.37. The Morgan fingerprint density at radius 3 is 2.58 bits per heavy atom. The Kier molecular flexibility index (Phi) is 3.23. The molecule has 2 heterocycles. The molecule has 2 aliphatic rings. The highest BCUT2D eigenvalue weighted by atomic mass is 16.7. The van der Waals surface area contributed by atoms with Crippen molar-refractivity contribution >= 4 is 17.8 Å². The van der Waals surface area contributed by atoms with E-state index in [0.29, 0.717) is 17.9 Å². The summed E-state index contributed by atoms with van der Waals surface area (Å²) in [5.41, 5.74) is 2.51. The van der Waals surface area contributed by atoms with Gasteiger partial charge in [0.2, 0.25) is 0 Å². The van der Waals surface area contributed by atoms with E-state index < -0.39 is 23.7 Å². The lowest BCUT2D eigenvalue weighted by molar-refractivity contribution is -0.175. The number of carbonyl (C=O) groups is 3. The first-order valence-electron chi connectivity index (χ1n) is 7.79. The number of nitrogens with one attached hydrogen (secondary N) is 1. The number of nitrogens with zero attached hydrogens (tertiary/aromatic N) is 2. The number of fused-ring (bicyclic) bond motifs is 2. The maximum absolute atomic E-state index is 12.5. The van der Waals surface area contributed by atoms with Gasteiger partial charge in [-0.05, 0) is 36.5 Å².